The van der Waals surface area contributed by atoms with Crippen LogP contribution in [-0.2, 0) is 13.0 Å². The number of likely N-dealkylation sites (N-methyl/N-ethyl adjacent to an activating group) is 1. The van der Waals surface area contributed by atoms with E-state index in [0.717, 1.165) is 30.0 Å². The fourth-order valence-electron chi connectivity index (χ4n) is 3.31. The third-order valence-corrected chi connectivity index (χ3v) is 4.93. The maximum atomic E-state index is 12.5. The summed E-state index contributed by atoms with van der Waals surface area (Å²) >= 11 is 0. The molecule has 144 valence electrons. The highest BCUT2D eigenvalue weighted by Gasteiger charge is 2.22. The van der Waals surface area contributed by atoms with Gasteiger partial charge in [-0.2, -0.15) is 0 Å². The number of hydrogen-bond acceptors (Lipinski definition) is 4. The van der Waals surface area contributed by atoms with Gasteiger partial charge >= 0.3 is 6.03 Å². The molecule has 2 aromatic carbocycles. The largest absolute Gasteiger partial charge is 0.493 e. The monoisotopic (exact) mass is 369 g/mol. The number of methoxy groups -OCH3 is 2. The van der Waals surface area contributed by atoms with Gasteiger partial charge in [0, 0.05) is 38.9 Å². The molecule has 0 aliphatic carbocycles. The van der Waals surface area contributed by atoms with E-state index in [0.29, 0.717) is 25.4 Å². The predicted octanol–water partition coefficient (Wildman–Crippen LogP) is 2.91. The lowest BCUT2D eigenvalue weighted by molar-refractivity contribution is 0.192. The van der Waals surface area contributed by atoms with E-state index in [1.165, 1.54) is 5.56 Å². The van der Waals surface area contributed by atoms with Gasteiger partial charge in [-0.1, -0.05) is 18.2 Å². The van der Waals surface area contributed by atoms with Crippen molar-refractivity contribution in [2.75, 3.05) is 45.8 Å². The first-order chi connectivity index (χ1) is 13.1. The normalized spacial score (nSPS) is 12.9. The summed E-state index contributed by atoms with van der Waals surface area (Å²) < 4.78 is 10.7. The number of para-hydroxylation sites is 1. The molecule has 0 spiro atoms. The second kappa shape index (κ2) is 8.66. The fourth-order valence-corrected chi connectivity index (χ4v) is 3.31. The molecule has 6 nitrogen and oxygen atoms in total. The molecule has 0 atom stereocenters. The molecule has 0 bridgehead atoms. The van der Waals surface area contributed by atoms with Crippen LogP contribution in [0.3, 0.4) is 0 Å². The van der Waals surface area contributed by atoms with Crippen LogP contribution in [0.4, 0.5) is 10.5 Å². The predicted molar refractivity (Wildman–Crippen MR) is 107 cm³/mol. The lowest BCUT2D eigenvalue weighted by atomic mass is 9.99. The van der Waals surface area contributed by atoms with Gasteiger partial charge < -0.3 is 24.6 Å². The van der Waals surface area contributed by atoms with E-state index in [1.54, 1.807) is 14.2 Å². The number of urea groups is 1. The Labute approximate surface area is 160 Å². The molecule has 0 saturated heterocycles. The third-order valence-electron chi connectivity index (χ3n) is 4.93. The van der Waals surface area contributed by atoms with Gasteiger partial charge in [-0.05, 0) is 41.8 Å². The van der Waals surface area contributed by atoms with Crippen molar-refractivity contribution in [2.45, 2.75) is 13.0 Å². The van der Waals surface area contributed by atoms with Crippen LogP contribution in [-0.4, -0.2) is 51.8 Å². The fraction of sp³-hybridized carbons (Fsp3) is 0.381. The van der Waals surface area contributed by atoms with E-state index in [9.17, 15) is 4.79 Å². The Morgan fingerprint density at radius 3 is 2.44 bits per heavy atom. The van der Waals surface area contributed by atoms with Gasteiger partial charge in [0.2, 0.25) is 0 Å². The first-order valence-electron chi connectivity index (χ1n) is 9.15. The van der Waals surface area contributed by atoms with E-state index in [2.05, 4.69) is 22.3 Å². The minimum absolute atomic E-state index is 0.0307. The summed E-state index contributed by atoms with van der Waals surface area (Å²) in [6.45, 7) is 2.63. The number of anilines is 1. The zero-order valence-corrected chi connectivity index (χ0v) is 16.2. The van der Waals surface area contributed by atoms with Gasteiger partial charge in [0.1, 0.15) is 0 Å². The van der Waals surface area contributed by atoms with E-state index in [4.69, 9.17) is 9.47 Å². The lowest BCUT2D eigenvalue weighted by Gasteiger charge is -2.30. The van der Waals surface area contributed by atoms with Crippen molar-refractivity contribution in [1.29, 1.82) is 0 Å². The molecule has 0 saturated carbocycles. The summed E-state index contributed by atoms with van der Waals surface area (Å²) in [7, 11) is 5.29. The highest BCUT2D eigenvalue weighted by Crippen LogP contribution is 2.33. The highest BCUT2D eigenvalue weighted by atomic mass is 16.5. The number of ether oxygens (including phenoxy) is 2. The van der Waals surface area contributed by atoms with Crippen LogP contribution in [0.15, 0.2) is 42.5 Å². The number of nitrogens with zero attached hydrogens (tertiary/aromatic N) is 2. The number of carbonyl (C=O) groups is 1. The molecule has 0 fully saturated rings. The zero-order chi connectivity index (χ0) is 19.2. The number of nitrogens with one attached hydrogen (secondary N) is 1. The second-order valence-corrected chi connectivity index (χ2v) is 6.64. The van der Waals surface area contributed by atoms with Crippen LogP contribution in [0.5, 0.6) is 11.5 Å². The van der Waals surface area contributed by atoms with Gasteiger partial charge in [-0.15, -0.1) is 0 Å². The molecule has 1 N–H and O–H groups in total. The molecule has 6 heteroatoms. The maximum absolute atomic E-state index is 12.5. The molecule has 0 unspecified atom stereocenters. The SMILES string of the molecule is COc1cc2c(cc1OC)CN(C(=O)NCCN(C)c1ccccc1)CC2. The Bertz CT molecular complexity index is 780. The summed E-state index contributed by atoms with van der Waals surface area (Å²) in [6, 6.07) is 14.1. The van der Waals surface area contributed by atoms with Crippen LogP contribution in [0.25, 0.3) is 0 Å². The van der Waals surface area contributed by atoms with Crippen LogP contribution in [0, 0.1) is 0 Å². The topological polar surface area (TPSA) is 54.0 Å². The minimum Gasteiger partial charge on any atom is -0.493 e. The van der Waals surface area contributed by atoms with E-state index >= 15 is 0 Å². The van der Waals surface area contributed by atoms with Crippen molar-refractivity contribution in [3.05, 3.63) is 53.6 Å². The van der Waals surface area contributed by atoms with Crippen molar-refractivity contribution < 1.29 is 14.3 Å². The smallest absolute Gasteiger partial charge is 0.317 e. The number of amides is 2. The number of rotatable bonds is 6. The van der Waals surface area contributed by atoms with Crippen LogP contribution >= 0.6 is 0 Å². The highest BCUT2D eigenvalue weighted by molar-refractivity contribution is 5.74. The summed E-state index contributed by atoms with van der Waals surface area (Å²) in [4.78, 5) is 16.5. The maximum Gasteiger partial charge on any atom is 0.317 e. The number of benzene rings is 2. The van der Waals surface area contributed by atoms with E-state index < -0.39 is 0 Å². The molecule has 3 rings (SSSR count). The van der Waals surface area contributed by atoms with Gasteiger partial charge in [0.25, 0.3) is 0 Å². The quantitative estimate of drug-likeness (QED) is 0.851. The van der Waals surface area contributed by atoms with Gasteiger partial charge in [-0.3, -0.25) is 0 Å². The average Bonchev–Trinajstić information content (AvgIpc) is 2.72. The average molecular weight is 369 g/mol. The van der Waals surface area contributed by atoms with Crippen LogP contribution < -0.4 is 19.7 Å². The Balaban J connectivity index is 1.54. The van der Waals surface area contributed by atoms with Gasteiger partial charge in [0.15, 0.2) is 11.5 Å². The summed E-state index contributed by atoms with van der Waals surface area (Å²) in [5, 5.41) is 3.02. The summed E-state index contributed by atoms with van der Waals surface area (Å²) in [5.41, 5.74) is 3.45. The molecule has 0 radical (unpaired) electrons. The third kappa shape index (κ3) is 4.45. The number of hydrogen-bond donors (Lipinski definition) is 1. The van der Waals surface area contributed by atoms with Gasteiger partial charge in [0.05, 0.1) is 14.2 Å². The van der Waals surface area contributed by atoms with Gasteiger partial charge in [-0.25, -0.2) is 4.79 Å². The number of carbonyl (C=O) groups excluding carboxylic acids is 1. The second-order valence-electron chi connectivity index (χ2n) is 6.64. The standard InChI is InChI=1S/C21H27N3O3/c1-23(18-7-5-4-6-8-18)12-10-22-21(25)24-11-9-16-13-19(26-2)20(27-3)14-17(16)15-24/h4-8,13-14H,9-12,15H2,1-3H3,(H,22,25). The van der Waals surface area contributed by atoms with Crippen molar-refractivity contribution in [3.63, 3.8) is 0 Å². The molecule has 1 heterocycles. The van der Waals surface area contributed by atoms with Crippen molar-refractivity contribution in [1.82, 2.24) is 10.2 Å². The van der Waals surface area contributed by atoms with Crippen LogP contribution in [0.1, 0.15) is 11.1 Å². The lowest BCUT2D eigenvalue weighted by Crippen LogP contribution is -2.44. The Morgan fingerprint density at radius 2 is 1.78 bits per heavy atom. The minimum atomic E-state index is -0.0307. The molecule has 2 aromatic rings. The zero-order valence-electron chi connectivity index (χ0n) is 16.2. The molecular formula is C21H27N3O3. The molecule has 27 heavy (non-hydrogen) atoms. The van der Waals surface area contributed by atoms with Crippen molar-refractivity contribution in [3.8, 4) is 11.5 Å². The first kappa shape index (κ1) is 18.9. The van der Waals surface area contributed by atoms with E-state index in [1.807, 2.05) is 42.3 Å². The van der Waals surface area contributed by atoms with E-state index in [-0.39, 0.29) is 6.03 Å². The van der Waals surface area contributed by atoms with Crippen molar-refractivity contribution >= 4 is 11.7 Å². The summed E-state index contributed by atoms with van der Waals surface area (Å²) in [6.07, 6.45) is 0.813. The summed E-state index contributed by atoms with van der Waals surface area (Å²) in [5.74, 6) is 1.43. The Hall–Kier alpha value is -2.89. The molecule has 0 aromatic heterocycles. The van der Waals surface area contributed by atoms with Crippen molar-refractivity contribution in [2.24, 2.45) is 0 Å². The number of fused-ring (bicyclic) bond motifs is 1. The molecule has 1 aliphatic rings. The van der Waals surface area contributed by atoms with Crippen LogP contribution in [0.2, 0.25) is 0 Å². The molecule has 1 aliphatic heterocycles. The first-order valence-corrected chi connectivity index (χ1v) is 9.15. The molecular weight excluding hydrogens is 342 g/mol. The Morgan fingerprint density at radius 1 is 1.11 bits per heavy atom. The molecule has 2 amide bonds. The Kier molecular flexibility index (Phi) is 6.06.